The third-order valence-corrected chi connectivity index (χ3v) is 3.62. The van der Waals surface area contributed by atoms with E-state index in [1.807, 2.05) is 29.8 Å². The quantitative estimate of drug-likeness (QED) is 0.890. The Hall–Kier alpha value is -1.65. The fourth-order valence-corrected chi connectivity index (χ4v) is 2.59. The van der Waals surface area contributed by atoms with E-state index in [1.54, 1.807) is 19.1 Å². The van der Waals surface area contributed by atoms with Crippen LogP contribution < -0.4 is 5.32 Å². The SMILES string of the molecule is Cc1cscc1C(=O)Nc1ccccc1C(C)O. The summed E-state index contributed by atoms with van der Waals surface area (Å²) in [6.45, 7) is 3.59. The van der Waals surface area contributed by atoms with Crippen molar-refractivity contribution in [3.8, 4) is 0 Å². The number of aryl methyl sites for hydroxylation is 1. The number of amides is 1. The number of hydrogen-bond acceptors (Lipinski definition) is 3. The van der Waals surface area contributed by atoms with Gasteiger partial charge < -0.3 is 10.4 Å². The molecule has 0 saturated carbocycles. The van der Waals surface area contributed by atoms with Crippen LogP contribution in [0.5, 0.6) is 0 Å². The molecule has 1 amide bonds. The number of thiophene rings is 1. The zero-order valence-corrected chi connectivity index (χ0v) is 11.1. The molecule has 2 rings (SSSR count). The van der Waals surface area contributed by atoms with Gasteiger partial charge in [-0.05, 0) is 30.9 Å². The van der Waals surface area contributed by atoms with Crippen LogP contribution in [0.1, 0.15) is 34.5 Å². The topological polar surface area (TPSA) is 49.3 Å². The van der Waals surface area contributed by atoms with Crippen LogP contribution in [0.3, 0.4) is 0 Å². The van der Waals surface area contributed by atoms with E-state index in [2.05, 4.69) is 5.32 Å². The molecule has 4 heteroatoms. The highest BCUT2D eigenvalue weighted by Gasteiger charge is 2.13. The Morgan fingerprint density at radius 1 is 1.33 bits per heavy atom. The number of carbonyl (C=O) groups excluding carboxylic acids is 1. The van der Waals surface area contributed by atoms with Crippen LogP contribution in [-0.4, -0.2) is 11.0 Å². The molecule has 0 saturated heterocycles. The summed E-state index contributed by atoms with van der Waals surface area (Å²) in [6.07, 6.45) is -0.606. The van der Waals surface area contributed by atoms with Crippen molar-refractivity contribution in [1.82, 2.24) is 0 Å². The van der Waals surface area contributed by atoms with Crippen LogP contribution in [-0.2, 0) is 0 Å². The van der Waals surface area contributed by atoms with E-state index in [9.17, 15) is 9.90 Å². The number of aliphatic hydroxyl groups is 1. The monoisotopic (exact) mass is 261 g/mol. The van der Waals surface area contributed by atoms with Gasteiger partial charge in [-0.2, -0.15) is 11.3 Å². The zero-order chi connectivity index (χ0) is 13.1. The molecule has 18 heavy (non-hydrogen) atoms. The molecule has 94 valence electrons. The minimum absolute atomic E-state index is 0.137. The van der Waals surface area contributed by atoms with Crippen LogP contribution in [0.4, 0.5) is 5.69 Å². The number of hydrogen-bond donors (Lipinski definition) is 2. The second-order valence-electron chi connectivity index (χ2n) is 4.19. The smallest absolute Gasteiger partial charge is 0.256 e. The van der Waals surface area contributed by atoms with Gasteiger partial charge in [0, 0.05) is 16.6 Å². The summed E-state index contributed by atoms with van der Waals surface area (Å²) in [5.41, 5.74) is 3.02. The van der Waals surface area contributed by atoms with Crippen LogP contribution in [0, 0.1) is 6.92 Å². The lowest BCUT2D eigenvalue weighted by Crippen LogP contribution is -2.14. The minimum Gasteiger partial charge on any atom is -0.389 e. The van der Waals surface area contributed by atoms with E-state index in [-0.39, 0.29) is 5.91 Å². The molecule has 0 aliphatic rings. The largest absolute Gasteiger partial charge is 0.389 e. The van der Waals surface area contributed by atoms with Gasteiger partial charge in [0.05, 0.1) is 11.7 Å². The summed E-state index contributed by atoms with van der Waals surface area (Å²) in [4.78, 5) is 12.1. The summed E-state index contributed by atoms with van der Waals surface area (Å²) in [6, 6.07) is 7.28. The van der Waals surface area contributed by atoms with Gasteiger partial charge in [0.25, 0.3) is 5.91 Å². The second-order valence-corrected chi connectivity index (χ2v) is 4.93. The summed E-state index contributed by atoms with van der Waals surface area (Å²) in [7, 11) is 0. The first-order valence-electron chi connectivity index (χ1n) is 5.70. The number of benzene rings is 1. The first-order valence-corrected chi connectivity index (χ1v) is 6.65. The standard InChI is InChI=1S/C14H15NO2S/c1-9-7-18-8-12(9)14(17)15-13-6-4-3-5-11(13)10(2)16/h3-8,10,16H,1-2H3,(H,15,17). The Bertz CT molecular complexity index is 560. The summed E-state index contributed by atoms with van der Waals surface area (Å²) in [5, 5.41) is 16.3. The molecule has 0 aliphatic heterocycles. The maximum Gasteiger partial charge on any atom is 0.256 e. The van der Waals surface area contributed by atoms with Crippen LogP contribution >= 0.6 is 11.3 Å². The van der Waals surface area contributed by atoms with Crippen LogP contribution in [0.2, 0.25) is 0 Å². The maximum atomic E-state index is 12.1. The molecule has 2 aromatic rings. The molecule has 0 aliphatic carbocycles. The molecule has 0 radical (unpaired) electrons. The second kappa shape index (κ2) is 5.33. The summed E-state index contributed by atoms with van der Waals surface area (Å²) >= 11 is 1.51. The van der Waals surface area contributed by atoms with Crippen molar-refractivity contribution in [3.05, 3.63) is 51.7 Å². The van der Waals surface area contributed by atoms with Crippen LogP contribution in [0.15, 0.2) is 35.0 Å². The van der Waals surface area contributed by atoms with Crippen LogP contribution in [0.25, 0.3) is 0 Å². The minimum atomic E-state index is -0.606. The molecule has 1 unspecified atom stereocenters. The summed E-state index contributed by atoms with van der Waals surface area (Å²) in [5.74, 6) is -0.137. The lowest BCUT2D eigenvalue weighted by molar-refractivity contribution is 0.102. The van der Waals surface area contributed by atoms with E-state index < -0.39 is 6.10 Å². The van der Waals surface area contributed by atoms with Crippen molar-refractivity contribution in [2.45, 2.75) is 20.0 Å². The number of para-hydroxylation sites is 1. The normalized spacial score (nSPS) is 12.2. The van der Waals surface area contributed by atoms with Gasteiger partial charge in [0.2, 0.25) is 0 Å². The number of nitrogens with one attached hydrogen (secondary N) is 1. The predicted octanol–water partition coefficient (Wildman–Crippen LogP) is 3.36. The fourth-order valence-electron chi connectivity index (χ4n) is 1.76. The fraction of sp³-hybridized carbons (Fsp3) is 0.214. The molecule has 1 heterocycles. The van der Waals surface area contributed by atoms with Gasteiger partial charge >= 0.3 is 0 Å². The molecule has 2 N–H and O–H groups in total. The third-order valence-electron chi connectivity index (χ3n) is 2.76. The Labute approximate surface area is 110 Å². The zero-order valence-electron chi connectivity index (χ0n) is 10.3. The van der Waals surface area contributed by atoms with Gasteiger partial charge in [-0.3, -0.25) is 4.79 Å². The Morgan fingerprint density at radius 2 is 2.06 bits per heavy atom. The molecule has 3 nitrogen and oxygen atoms in total. The lowest BCUT2D eigenvalue weighted by atomic mass is 10.1. The molecule has 1 aromatic carbocycles. The maximum absolute atomic E-state index is 12.1. The molecular weight excluding hydrogens is 246 g/mol. The molecule has 1 atom stereocenters. The molecule has 0 bridgehead atoms. The lowest BCUT2D eigenvalue weighted by Gasteiger charge is -2.12. The number of anilines is 1. The van der Waals surface area contributed by atoms with Gasteiger partial charge in [-0.15, -0.1) is 0 Å². The number of carbonyl (C=O) groups is 1. The Kier molecular flexibility index (Phi) is 3.79. The van der Waals surface area contributed by atoms with Gasteiger partial charge in [0.15, 0.2) is 0 Å². The highest BCUT2D eigenvalue weighted by molar-refractivity contribution is 7.08. The predicted molar refractivity (Wildman–Crippen MR) is 74.1 cm³/mol. The number of aliphatic hydroxyl groups excluding tert-OH is 1. The highest BCUT2D eigenvalue weighted by Crippen LogP contribution is 2.23. The van der Waals surface area contributed by atoms with Crippen molar-refractivity contribution < 1.29 is 9.90 Å². The van der Waals surface area contributed by atoms with Crippen molar-refractivity contribution in [2.24, 2.45) is 0 Å². The van der Waals surface area contributed by atoms with Gasteiger partial charge in [-0.25, -0.2) is 0 Å². The van der Waals surface area contributed by atoms with E-state index in [0.29, 0.717) is 11.3 Å². The van der Waals surface area contributed by atoms with Crippen molar-refractivity contribution >= 4 is 22.9 Å². The first-order chi connectivity index (χ1) is 8.59. The Morgan fingerprint density at radius 3 is 2.67 bits per heavy atom. The first kappa shape index (κ1) is 12.8. The average Bonchev–Trinajstić information content (AvgIpc) is 2.76. The van der Waals surface area contributed by atoms with Gasteiger partial charge in [0.1, 0.15) is 0 Å². The highest BCUT2D eigenvalue weighted by atomic mass is 32.1. The molecule has 0 fully saturated rings. The van der Waals surface area contributed by atoms with E-state index >= 15 is 0 Å². The van der Waals surface area contributed by atoms with Crippen molar-refractivity contribution in [3.63, 3.8) is 0 Å². The Balaban J connectivity index is 2.25. The van der Waals surface area contributed by atoms with Crippen molar-refractivity contribution in [2.75, 3.05) is 5.32 Å². The number of rotatable bonds is 3. The third kappa shape index (κ3) is 2.60. The average molecular weight is 261 g/mol. The van der Waals surface area contributed by atoms with Gasteiger partial charge in [-0.1, -0.05) is 18.2 Å². The van der Waals surface area contributed by atoms with E-state index in [0.717, 1.165) is 11.1 Å². The van der Waals surface area contributed by atoms with E-state index in [1.165, 1.54) is 11.3 Å². The van der Waals surface area contributed by atoms with Crippen molar-refractivity contribution in [1.29, 1.82) is 0 Å². The molecule has 1 aromatic heterocycles. The molecule has 0 spiro atoms. The molecular formula is C14H15NO2S. The summed E-state index contributed by atoms with van der Waals surface area (Å²) < 4.78 is 0. The van der Waals surface area contributed by atoms with E-state index in [4.69, 9.17) is 0 Å².